The normalized spacial score (nSPS) is 12.3. The molecule has 7 nitrogen and oxygen atoms in total. The lowest BCUT2D eigenvalue weighted by molar-refractivity contribution is 0.102. The SMILES string of the molecule is CCc1cccc(C)c1NC(=O)c1ccnc(Nc2ccc3c(c2)OCCO3)n1. The Morgan fingerprint density at radius 2 is 1.93 bits per heavy atom. The van der Waals surface area contributed by atoms with Gasteiger partial charge in [0.2, 0.25) is 5.95 Å². The van der Waals surface area contributed by atoms with Crippen LogP contribution in [0.25, 0.3) is 0 Å². The van der Waals surface area contributed by atoms with Crippen LogP contribution in [-0.2, 0) is 6.42 Å². The summed E-state index contributed by atoms with van der Waals surface area (Å²) in [4.78, 5) is 21.3. The van der Waals surface area contributed by atoms with E-state index in [2.05, 4.69) is 27.5 Å². The van der Waals surface area contributed by atoms with Crippen LogP contribution >= 0.6 is 0 Å². The van der Waals surface area contributed by atoms with Crippen molar-refractivity contribution in [1.82, 2.24) is 9.97 Å². The van der Waals surface area contributed by atoms with Gasteiger partial charge >= 0.3 is 0 Å². The number of carbonyl (C=O) groups is 1. The Morgan fingerprint density at radius 3 is 2.76 bits per heavy atom. The number of para-hydroxylation sites is 1. The minimum atomic E-state index is -0.276. The van der Waals surface area contributed by atoms with Crippen LogP contribution in [0.3, 0.4) is 0 Å². The largest absolute Gasteiger partial charge is 0.486 e. The second-order valence-corrected chi connectivity index (χ2v) is 6.67. The van der Waals surface area contributed by atoms with Gasteiger partial charge in [0.05, 0.1) is 0 Å². The maximum absolute atomic E-state index is 12.8. The molecule has 7 heteroatoms. The van der Waals surface area contributed by atoms with Crippen molar-refractivity contribution in [2.24, 2.45) is 0 Å². The highest BCUT2D eigenvalue weighted by Gasteiger charge is 2.15. The average molecular weight is 390 g/mol. The number of aryl methyl sites for hydroxylation is 2. The van der Waals surface area contributed by atoms with Gasteiger partial charge in [0.1, 0.15) is 18.9 Å². The number of amides is 1. The number of benzene rings is 2. The summed E-state index contributed by atoms with van der Waals surface area (Å²) < 4.78 is 11.1. The lowest BCUT2D eigenvalue weighted by atomic mass is 10.1. The molecule has 0 radical (unpaired) electrons. The highest BCUT2D eigenvalue weighted by Crippen LogP contribution is 2.33. The lowest BCUT2D eigenvalue weighted by Gasteiger charge is -2.19. The maximum Gasteiger partial charge on any atom is 0.274 e. The van der Waals surface area contributed by atoms with Gasteiger partial charge in [0.15, 0.2) is 11.5 Å². The topological polar surface area (TPSA) is 85.4 Å². The standard InChI is InChI=1S/C22H22N4O3/c1-3-15-6-4-5-14(2)20(15)26-21(27)17-9-10-23-22(25-17)24-16-7-8-18-19(13-16)29-12-11-28-18/h4-10,13H,3,11-12H2,1-2H3,(H,26,27)(H,23,24,25). The monoisotopic (exact) mass is 390 g/mol. The van der Waals surface area contributed by atoms with Crippen molar-refractivity contribution in [2.75, 3.05) is 23.8 Å². The minimum absolute atomic E-state index is 0.276. The van der Waals surface area contributed by atoms with Gasteiger partial charge in [-0.15, -0.1) is 0 Å². The fourth-order valence-electron chi connectivity index (χ4n) is 3.18. The number of carbonyl (C=O) groups excluding carboxylic acids is 1. The summed E-state index contributed by atoms with van der Waals surface area (Å²) in [6.07, 6.45) is 2.39. The number of ether oxygens (including phenoxy) is 2. The molecular weight excluding hydrogens is 368 g/mol. The van der Waals surface area contributed by atoms with Gasteiger partial charge in [0, 0.05) is 23.6 Å². The third kappa shape index (κ3) is 4.13. The van der Waals surface area contributed by atoms with E-state index >= 15 is 0 Å². The Bertz CT molecular complexity index is 1050. The fraction of sp³-hybridized carbons (Fsp3) is 0.227. The zero-order valence-electron chi connectivity index (χ0n) is 16.4. The smallest absolute Gasteiger partial charge is 0.274 e. The summed E-state index contributed by atoms with van der Waals surface area (Å²) in [5, 5.41) is 6.09. The quantitative estimate of drug-likeness (QED) is 0.682. The fourth-order valence-corrected chi connectivity index (χ4v) is 3.18. The van der Waals surface area contributed by atoms with Crippen molar-refractivity contribution in [3.05, 3.63) is 65.5 Å². The van der Waals surface area contributed by atoms with Crippen LogP contribution in [0, 0.1) is 6.92 Å². The van der Waals surface area contributed by atoms with Gasteiger partial charge in [-0.3, -0.25) is 4.79 Å². The summed E-state index contributed by atoms with van der Waals surface area (Å²) in [7, 11) is 0. The molecule has 0 unspecified atom stereocenters. The lowest BCUT2D eigenvalue weighted by Crippen LogP contribution is -2.17. The second kappa shape index (κ2) is 8.18. The number of hydrogen-bond acceptors (Lipinski definition) is 6. The van der Waals surface area contributed by atoms with E-state index in [0.717, 1.165) is 28.9 Å². The number of hydrogen-bond donors (Lipinski definition) is 2. The molecule has 0 atom stereocenters. The predicted octanol–water partition coefficient (Wildman–Crippen LogP) is 4.11. The molecule has 1 amide bonds. The molecule has 1 aromatic heterocycles. The van der Waals surface area contributed by atoms with Crippen LogP contribution in [-0.4, -0.2) is 29.1 Å². The van der Waals surface area contributed by atoms with Crippen molar-refractivity contribution in [1.29, 1.82) is 0 Å². The molecule has 29 heavy (non-hydrogen) atoms. The third-order valence-electron chi connectivity index (χ3n) is 4.67. The first-order chi connectivity index (χ1) is 14.1. The molecule has 0 saturated heterocycles. The van der Waals surface area contributed by atoms with E-state index in [1.54, 1.807) is 12.3 Å². The molecular formula is C22H22N4O3. The first kappa shape index (κ1) is 18.7. The van der Waals surface area contributed by atoms with Crippen molar-refractivity contribution in [3.63, 3.8) is 0 Å². The van der Waals surface area contributed by atoms with E-state index in [-0.39, 0.29) is 11.6 Å². The van der Waals surface area contributed by atoms with E-state index in [1.165, 1.54) is 0 Å². The summed E-state index contributed by atoms with van der Waals surface area (Å²) in [5.41, 5.74) is 3.97. The Hall–Kier alpha value is -3.61. The highest BCUT2D eigenvalue weighted by molar-refractivity contribution is 6.03. The van der Waals surface area contributed by atoms with Crippen LogP contribution in [0.2, 0.25) is 0 Å². The highest BCUT2D eigenvalue weighted by atomic mass is 16.6. The molecule has 1 aliphatic rings. The van der Waals surface area contributed by atoms with E-state index in [0.29, 0.717) is 30.7 Å². The third-order valence-corrected chi connectivity index (χ3v) is 4.67. The molecule has 3 aromatic rings. The molecule has 0 bridgehead atoms. The van der Waals surface area contributed by atoms with Crippen LogP contribution in [0.5, 0.6) is 11.5 Å². The van der Waals surface area contributed by atoms with Crippen LogP contribution in [0.1, 0.15) is 28.5 Å². The number of nitrogens with one attached hydrogen (secondary N) is 2. The Balaban J connectivity index is 1.52. The number of nitrogens with zero attached hydrogens (tertiary/aromatic N) is 2. The van der Waals surface area contributed by atoms with Crippen molar-refractivity contribution in [2.45, 2.75) is 20.3 Å². The summed E-state index contributed by atoms with van der Waals surface area (Å²) in [6.45, 7) is 5.09. The molecule has 2 aromatic carbocycles. The van der Waals surface area contributed by atoms with Gasteiger partial charge in [0.25, 0.3) is 5.91 Å². The molecule has 0 saturated carbocycles. The van der Waals surface area contributed by atoms with E-state index in [1.807, 2.05) is 43.3 Å². The minimum Gasteiger partial charge on any atom is -0.486 e. The van der Waals surface area contributed by atoms with Crippen LogP contribution in [0.4, 0.5) is 17.3 Å². The molecule has 4 rings (SSSR count). The first-order valence-electron chi connectivity index (χ1n) is 9.53. The van der Waals surface area contributed by atoms with Crippen molar-refractivity contribution >= 4 is 23.2 Å². The number of anilines is 3. The number of aromatic nitrogens is 2. The Labute approximate surface area is 169 Å². The molecule has 0 spiro atoms. The second-order valence-electron chi connectivity index (χ2n) is 6.67. The first-order valence-corrected chi connectivity index (χ1v) is 9.53. The van der Waals surface area contributed by atoms with Gasteiger partial charge in [-0.25, -0.2) is 9.97 Å². The van der Waals surface area contributed by atoms with Gasteiger partial charge in [-0.2, -0.15) is 0 Å². The van der Waals surface area contributed by atoms with Gasteiger partial charge < -0.3 is 20.1 Å². The van der Waals surface area contributed by atoms with E-state index < -0.39 is 0 Å². The molecule has 1 aliphatic heterocycles. The molecule has 0 aliphatic carbocycles. The van der Waals surface area contributed by atoms with E-state index in [4.69, 9.17) is 9.47 Å². The average Bonchev–Trinajstić information content (AvgIpc) is 2.75. The van der Waals surface area contributed by atoms with Gasteiger partial charge in [-0.05, 0) is 42.7 Å². The Kier molecular flexibility index (Phi) is 5.29. The van der Waals surface area contributed by atoms with E-state index in [9.17, 15) is 4.79 Å². The number of fused-ring (bicyclic) bond motifs is 1. The summed E-state index contributed by atoms with van der Waals surface area (Å²) in [5.74, 6) is 1.43. The van der Waals surface area contributed by atoms with Crippen LogP contribution in [0.15, 0.2) is 48.7 Å². The van der Waals surface area contributed by atoms with Crippen molar-refractivity contribution < 1.29 is 14.3 Å². The summed E-state index contributed by atoms with van der Waals surface area (Å²) >= 11 is 0. The predicted molar refractivity (Wildman–Crippen MR) is 111 cm³/mol. The van der Waals surface area contributed by atoms with Crippen molar-refractivity contribution in [3.8, 4) is 11.5 Å². The molecule has 148 valence electrons. The summed E-state index contributed by atoms with van der Waals surface area (Å²) in [6, 6.07) is 13.1. The molecule has 2 heterocycles. The molecule has 2 N–H and O–H groups in total. The number of rotatable bonds is 5. The Morgan fingerprint density at radius 1 is 1.10 bits per heavy atom. The van der Waals surface area contributed by atoms with Gasteiger partial charge in [-0.1, -0.05) is 25.1 Å². The zero-order chi connectivity index (χ0) is 20.2. The zero-order valence-corrected chi connectivity index (χ0v) is 16.4. The van der Waals surface area contributed by atoms with Crippen LogP contribution < -0.4 is 20.1 Å². The molecule has 0 fully saturated rings. The maximum atomic E-state index is 12.8.